The van der Waals surface area contributed by atoms with Crippen LogP contribution in [0.5, 0.6) is 5.88 Å². The maximum atomic E-state index is 6.34. The van der Waals surface area contributed by atoms with E-state index in [0.29, 0.717) is 23.4 Å². The van der Waals surface area contributed by atoms with Crippen LogP contribution in [0.1, 0.15) is 32.8 Å². The van der Waals surface area contributed by atoms with Crippen molar-refractivity contribution in [2.45, 2.75) is 39.7 Å². The predicted molar refractivity (Wildman–Crippen MR) is 112 cm³/mol. The first-order chi connectivity index (χ1) is 12.8. The van der Waals surface area contributed by atoms with Gasteiger partial charge in [-0.05, 0) is 49.9 Å². The summed E-state index contributed by atoms with van der Waals surface area (Å²) >= 11 is 6.28. The monoisotopic (exact) mass is 383 g/mol. The molecule has 0 aliphatic carbocycles. The van der Waals surface area contributed by atoms with Crippen LogP contribution < -0.4 is 10.5 Å². The van der Waals surface area contributed by atoms with Gasteiger partial charge in [-0.1, -0.05) is 37.6 Å². The van der Waals surface area contributed by atoms with Crippen molar-refractivity contribution in [3.8, 4) is 17.0 Å². The van der Waals surface area contributed by atoms with Crippen LogP contribution >= 0.6 is 11.6 Å². The normalized spacial score (nSPS) is 13.7. The highest BCUT2D eigenvalue weighted by Gasteiger charge is 2.21. The molecule has 5 heteroatoms. The molecule has 0 bridgehead atoms. The van der Waals surface area contributed by atoms with E-state index in [1.54, 1.807) is 6.20 Å². The summed E-state index contributed by atoms with van der Waals surface area (Å²) in [5.41, 5.74) is 9.79. The van der Waals surface area contributed by atoms with Crippen LogP contribution in [0.2, 0.25) is 5.02 Å². The van der Waals surface area contributed by atoms with E-state index in [1.807, 2.05) is 44.3 Å². The fourth-order valence-corrected chi connectivity index (χ4v) is 3.70. The average Bonchev–Trinajstić information content (AvgIpc) is 2.59. The van der Waals surface area contributed by atoms with Crippen LogP contribution in [0.4, 0.5) is 0 Å². The number of nitrogens with two attached hydrogens (primary N) is 1. The van der Waals surface area contributed by atoms with Gasteiger partial charge in [-0.15, -0.1) is 0 Å². The molecule has 0 saturated carbocycles. The van der Waals surface area contributed by atoms with Crippen molar-refractivity contribution in [3.05, 3.63) is 53.3 Å². The molecular weight excluding hydrogens is 358 g/mol. The van der Waals surface area contributed by atoms with Gasteiger partial charge in [0.2, 0.25) is 5.88 Å². The molecule has 142 valence electrons. The van der Waals surface area contributed by atoms with Crippen molar-refractivity contribution < 1.29 is 4.74 Å². The molecular formula is C22H26ClN3O. The van der Waals surface area contributed by atoms with Crippen molar-refractivity contribution in [2.75, 3.05) is 6.61 Å². The summed E-state index contributed by atoms with van der Waals surface area (Å²) in [6.45, 7) is 8.78. The van der Waals surface area contributed by atoms with E-state index in [0.717, 1.165) is 34.0 Å². The Morgan fingerprint density at radius 3 is 2.70 bits per heavy atom. The van der Waals surface area contributed by atoms with E-state index in [-0.39, 0.29) is 5.54 Å². The molecule has 3 aromatic rings. The third-order valence-corrected chi connectivity index (χ3v) is 4.78. The quantitative estimate of drug-likeness (QED) is 0.618. The number of rotatable bonds is 6. The maximum Gasteiger partial charge on any atom is 0.216 e. The van der Waals surface area contributed by atoms with Crippen molar-refractivity contribution in [3.63, 3.8) is 0 Å². The second kappa shape index (κ2) is 7.83. The Balaban J connectivity index is 1.87. The summed E-state index contributed by atoms with van der Waals surface area (Å²) in [6.07, 6.45) is 4.50. The van der Waals surface area contributed by atoms with Gasteiger partial charge in [0.15, 0.2) is 0 Å². The smallest absolute Gasteiger partial charge is 0.216 e. The minimum atomic E-state index is -0.376. The summed E-state index contributed by atoms with van der Waals surface area (Å²) < 4.78 is 5.93. The van der Waals surface area contributed by atoms with Crippen molar-refractivity contribution in [1.29, 1.82) is 0 Å². The number of aromatic nitrogens is 2. The number of nitrogens with zero attached hydrogens (tertiary/aromatic N) is 2. The lowest BCUT2D eigenvalue weighted by Gasteiger charge is -2.26. The Hall–Kier alpha value is -2.17. The van der Waals surface area contributed by atoms with Gasteiger partial charge in [0, 0.05) is 34.4 Å². The number of ether oxygens (including phenoxy) is 1. The van der Waals surface area contributed by atoms with Gasteiger partial charge in [-0.25, -0.2) is 4.98 Å². The third-order valence-electron chi connectivity index (χ3n) is 4.48. The van der Waals surface area contributed by atoms with E-state index >= 15 is 0 Å². The molecule has 27 heavy (non-hydrogen) atoms. The van der Waals surface area contributed by atoms with Gasteiger partial charge in [0.1, 0.15) is 6.61 Å². The number of pyridine rings is 2. The molecule has 4 nitrogen and oxygen atoms in total. The Morgan fingerprint density at radius 1 is 1.22 bits per heavy atom. The van der Waals surface area contributed by atoms with Gasteiger partial charge >= 0.3 is 0 Å². The molecule has 0 radical (unpaired) electrons. The first-order valence-electron chi connectivity index (χ1n) is 9.19. The molecule has 2 heterocycles. The van der Waals surface area contributed by atoms with Crippen molar-refractivity contribution in [1.82, 2.24) is 9.97 Å². The Morgan fingerprint density at radius 2 is 2.00 bits per heavy atom. The summed E-state index contributed by atoms with van der Waals surface area (Å²) in [6, 6.07) is 9.87. The van der Waals surface area contributed by atoms with Crippen LogP contribution in [-0.4, -0.2) is 22.1 Å². The molecule has 1 atom stereocenters. The van der Waals surface area contributed by atoms with Crippen LogP contribution in [0.15, 0.2) is 42.7 Å². The molecule has 0 fully saturated rings. The summed E-state index contributed by atoms with van der Waals surface area (Å²) in [4.78, 5) is 8.93. The number of fused-ring (bicyclic) bond motifs is 1. The minimum absolute atomic E-state index is 0.376. The average molecular weight is 384 g/mol. The van der Waals surface area contributed by atoms with E-state index in [2.05, 4.69) is 29.9 Å². The Labute approximate surface area is 165 Å². The molecule has 0 unspecified atom stereocenters. The topological polar surface area (TPSA) is 61.0 Å². The lowest BCUT2D eigenvalue weighted by Crippen LogP contribution is -2.43. The zero-order chi connectivity index (χ0) is 19.6. The van der Waals surface area contributed by atoms with Gasteiger partial charge in [-0.2, -0.15) is 0 Å². The number of para-hydroxylation sites is 1. The molecule has 0 spiro atoms. The lowest BCUT2D eigenvalue weighted by atomic mass is 9.93. The Bertz CT molecular complexity index is 953. The van der Waals surface area contributed by atoms with Crippen LogP contribution in [-0.2, 0) is 0 Å². The molecule has 3 rings (SSSR count). The highest BCUT2D eigenvalue weighted by atomic mass is 35.5. The molecule has 0 aliphatic rings. The van der Waals surface area contributed by atoms with Crippen molar-refractivity contribution in [2.24, 2.45) is 11.7 Å². The number of hydrogen-bond acceptors (Lipinski definition) is 4. The van der Waals surface area contributed by atoms with Crippen LogP contribution in [0.3, 0.4) is 0 Å². The number of aryl methyl sites for hydroxylation is 1. The largest absolute Gasteiger partial charge is 0.476 e. The maximum absolute atomic E-state index is 6.34. The predicted octanol–water partition coefficient (Wildman–Crippen LogP) is 5.40. The zero-order valence-electron chi connectivity index (χ0n) is 16.3. The highest BCUT2D eigenvalue weighted by molar-refractivity contribution is 6.35. The first kappa shape index (κ1) is 19.6. The number of hydrogen-bond donors (Lipinski definition) is 1. The number of halogens is 1. The standard InChI is InChI=1S/C22H26ClN3O/c1-14(2)11-22(4,24)13-27-21-15(3)10-16(12-26-21)17-8-9-25-20-18(17)6-5-7-19(20)23/h5-10,12,14H,11,13,24H2,1-4H3/t22-/m0/s1. The van der Waals surface area contributed by atoms with E-state index < -0.39 is 0 Å². The summed E-state index contributed by atoms with van der Waals surface area (Å²) in [5, 5.41) is 1.65. The second-order valence-electron chi connectivity index (χ2n) is 7.88. The van der Waals surface area contributed by atoms with Crippen LogP contribution in [0, 0.1) is 12.8 Å². The van der Waals surface area contributed by atoms with Gasteiger partial charge in [0.05, 0.1) is 10.5 Å². The summed E-state index contributed by atoms with van der Waals surface area (Å²) in [5.74, 6) is 1.14. The highest BCUT2D eigenvalue weighted by Crippen LogP contribution is 2.32. The molecule has 2 aromatic heterocycles. The molecule has 1 aromatic carbocycles. The first-order valence-corrected chi connectivity index (χ1v) is 9.56. The SMILES string of the molecule is Cc1cc(-c2ccnc3c(Cl)cccc23)cnc1OC[C@@](C)(N)CC(C)C. The molecule has 0 saturated heterocycles. The van der Waals surface area contributed by atoms with E-state index in [1.165, 1.54) is 0 Å². The van der Waals surface area contributed by atoms with Gasteiger partial charge in [-0.3, -0.25) is 4.98 Å². The van der Waals surface area contributed by atoms with Gasteiger partial charge in [0.25, 0.3) is 0 Å². The fraction of sp³-hybridized carbons (Fsp3) is 0.364. The Kier molecular flexibility index (Phi) is 5.68. The third kappa shape index (κ3) is 4.57. The molecule has 0 aliphatic heterocycles. The summed E-state index contributed by atoms with van der Waals surface area (Å²) in [7, 11) is 0. The van der Waals surface area contributed by atoms with Crippen molar-refractivity contribution >= 4 is 22.5 Å². The molecule has 2 N–H and O–H groups in total. The van der Waals surface area contributed by atoms with Crippen LogP contribution in [0.25, 0.3) is 22.0 Å². The molecule has 0 amide bonds. The second-order valence-corrected chi connectivity index (χ2v) is 8.29. The number of benzene rings is 1. The fourth-order valence-electron chi connectivity index (χ4n) is 3.48. The van der Waals surface area contributed by atoms with E-state index in [4.69, 9.17) is 22.1 Å². The lowest BCUT2D eigenvalue weighted by molar-refractivity contribution is 0.199. The van der Waals surface area contributed by atoms with Gasteiger partial charge < -0.3 is 10.5 Å². The zero-order valence-corrected chi connectivity index (χ0v) is 17.0. The van der Waals surface area contributed by atoms with E-state index in [9.17, 15) is 0 Å². The minimum Gasteiger partial charge on any atom is -0.476 e.